The summed E-state index contributed by atoms with van der Waals surface area (Å²) in [6.45, 7) is 5.97. The van der Waals surface area contributed by atoms with Crippen molar-refractivity contribution < 1.29 is 32.0 Å². The zero-order valence-corrected chi connectivity index (χ0v) is 19.3. The third-order valence-electron chi connectivity index (χ3n) is 4.15. The Bertz CT molecular complexity index is 978. The van der Waals surface area contributed by atoms with Crippen molar-refractivity contribution in [3.05, 3.63) is 78.4 Å². The van der Waals surface area contributed by atoms with E-state index in [9.17, 15) is 18.0 Å². The Morgan fingerprint density at radius 2 is 1.76 bits per heavy atom. The fourth-order valence-corrected chi connectivity index (χ4v) is 2.91. The minimum absolute atomic E-state index is 0.0666. The van der Waals surface area contributed by atoms with E-state index in [1.807, 2.05) is 37.3 Å². The normalized spacial score (nSPS) is 11.4. The van der Waals surface area contributed by atoms with Gasteiger partial charge in [-0.3, -0.25) is 4.55 Å². The maximum atomic E-state index is 11.8. The molecule has 10 heteroatoms. The van der Waals surface area contributed by atoms with Gasteiger partial charge < -0.3 is 20.5 Å². The lowest BCUT2D eigenvalue weighted by atomic mass is 10.1. The predicted octanol–water partition coefficient (Wildman–Crippen LogP) is 2.99. The molecule has 2 aromatic carbocycles. The summed E-state index contributed by atoms with van der Waals surface area (Å²) in [5.74, 6) is -0.523. The SMILES string of the molecule is C=CCOC(=O)[C@H](CCCN)NC(=O)OCc1ccccc1.Cc1ccc(S(=O)(=O)O)cc1. The second-order valence-corrected chi connectivity index (χ2v) is 8.32. The molecular weight excluding hydrogens is 448 g/mol. The van der Waals surface area contributed by atoms with Gasteiger partial charge in [-0.15, -0.1) is 0 Å². The molecule has 0 radical (unpaired) electrons. The number of benzene rings is 2. The molecule has 0 aromatic heterocycles. The van der Waals surface area contributed by atoms with E-state index in [-0.39, 0.29) is 18.1 Å². The maximum Gasteiger partial charge on any atom is 0.408 e. The Morgan fingerprint density at radius 1 is 1.12 bits per heavy atom. The number of carbonyl (C=O) groups is 2. The number of carbonyl (C=O) groups excluding carboxylic acids is 2. The Morgan fingerprint density at radius 3 is 2.30 bits per heavy atom. The van der Waals surface area contributed by atoms with Crippen LogP contribution in [-0.2, 0) is 31.0 Å². The number of nitrogens with two attached hydrogens (primary N) is 1. The molecule has 0 saturated carbocycles. The number of nitrogens with one attached hydrogen (secondary N) is 1. The van der Waals surface area contributed by atoms with Crippen molar-refractivity contribution in [3.8, 4) is 0 Å². The van der Waals surface area contributed by atoms with Crippen LogP contribution in [0.15, 0.2) is 72.1 Å². The highest BCUT2D eigenvalue weighted by Gasteiger charge is 2.22. The standard InChI is InChI=1S/C16H22N2O4.C7H8O3S/c1-2-11-21-15(19)14(9-6-10-17)18-16(20)22-12-13-7-4-3-5-8-13;1-6-2-4-7(5-3-6)11(8,9)10/h2-5,7-8,14H,1,6,9-12,17H2,(H,18,20);2-5H,1H3,(H,8,9,10)/t14-;/m0./s1. The van der Waals surface area contributed by atoms with E-state index in [1.54, 1.807) is 12.1 Å². The van der Waals surface area contributed by atoms with Gasteiger partial charge in [-0.25, -0.2) is 9.59 Å². The van der Waals surface area contributed by atoms with Gasteiger partial charge in [0.15, 0.2) is 0 Å². The number of hydrogen-bond donors (Lipinski definition) is 3. The molecule has 0 unspecified atom stereocenters. The summed E-state index contributed by atoms with van der Waals surface area (Å²) in [5.41, 5.74) is 7.25. The minimum atomic E-state index is -4.02. The number of rotatable bonds is 10. The molecule has 9 nitrogen and oxygen atoms in total. The molecule has 1 amide bonds. The Labute approximate surface area is 194 Å². The summed E-state index contributed by atoms with van der Waals surface area (Å²) in [6, 6.07) is 14.5. The second-order valence-electron chi connectivity index (χ2n) is 6.90. The first-order chi connectivity index (χ1) is 15.7. The molecule has 4 N–H and O–H groups in total. The smallest absolute Gasteiger partial charge is 0.408 e. The summed E-state index contributed by atoms with van der Waals surface area (Å²) in [7, 11) is -4.02. The van der Waals surface area contributed by atoms with Crippen molar-refractivity contribution in [3.63, 3.8) is 0 Å². The van der Waals surface area contributed by atoms with Crippen LogP contribution in [0.4, 0.5) is 4.79 Å². The van der Waals surface area contributed by atoms with Crippen molar-refractivity contribution >= 4 is 22.2 Å². The molecule has 0 heterocycles. The molecule has 0 aliphatic rings. The van der Waals surface area contributed by atoms with Gasteiger partial charge in [-0.05, 0) is 44.0 Å². The van der Waals surface area contributed by atoms with Crippen molar-refractivity contribution in [2.75, 3.05) is 13.2 Å². The number of alkyl carbamates (subject to hydrolysis) is 1. The molecule has 2 rings (SSSR count). The van der Waals surface area contributed by atoms with E-state index in [0.29, 0.717) is 19.4 Å². The van der Waals surface area contributed by atoms with Crippen LogP contribution in [0.1, 0.15) is 24.0 Å². The minimum Gasteiger partial charge on any atom is -0.460 e. The zero-order chi connectivity index (χ0) is 24.7. The van der Waals surface area contributed by atoms with Gasteiger partial charge in [-0.1, -0.05) is 60.7 Å². The van der Waals surface area contributed by atoms with Gasteiger partial charge in [0.05, 0.1) is 4.90 Å². The third kappa shape index (κ3) is 11.8. The molecule has 2 aromatic rings. The van der Waals surface area contributed by atoms with Gasteiger partial charge >= 0.3 is 12.1 Å². The molecule has 33 heavy (non-hydrogen) atoms. The highest BCUT2D eigenvalue weighted by molar-refractivity contribution is 7.85. The lowest BCUT2D eigenvalue weighted by molar-refractivity contribution is -0.145. The molecule has 180 valence electrons. The average molecular weight is 479 g/mol. The van der Waals surface area contributed by atoms with Gasteiger partial charge in [0, 0.05) is 0 Å². The van der Waals surface area contributed by atoms with E-state index in [1.165, 1.54) is 18.2 Å². The van der Waals surface area contributed by atoms with Crippen LogP contribution in [0.2, 0.25) is 0 Å². The summed E-state index contributed by atoms with van der Waals surface area (Å²) in [4.78, 5) is 23.5. The molecule has 0 aliphatic heterocycles. The first-order valence-electron chi connectivity index (χ1n) is 10.2. The van der Waals surface area contributed by atoms with Gasteiger partial charge in [0.1, 0.15) is 19.3 Å². The van der Waals surface area contributed by atoms with Gasteiger partial charge in [-0.2, -0.15) is 8.42 Å². The van der Waals surface area contributed by atoms with Crippen LogP contribution in [0, 0.1) is 6.92 Å². The Kier molecular flexibility index (Phi) is 12.5. The number of esters is 1. The quantitative estimate of drug-likeness (QED) is 0.268. The first-order valence-corrected chi connectivity index (χ1v) is 11.6. The second kappa shape index (κ2) is 14.8. The van der Waals surface area contributed by atoms with E-state index >= 15 is 0 Å². The molecule has 1 atom stereocenters. The van der Waals surface area contributed by atoms with Crippen LogP contribution in [-0.4, -0.2) is 44.2 Å². The molecule has 0 saturated heterocycles. The highest BCUT2D eigenvalue weighted by atomic mass is 32.2. The topological polar surface area (TPSA) is 145 Å². The number of aryl methyl sites for hydroxylation is 1. The van der Waals surface area contributed by atoms with Crippen molar-refractivity contribution in [2.24, 2.45) is 5.73 Å². The van der Waals surface area contributed by atoms with E-state index < -0.39 is 28.2 Å². The van der Waals surface area contributed by atoms with E-state index in [2.05, 4.69) is 11.9 Å². The molecule has 0 spiro atoms. The van der Waals surface area contributed by atoms with Crippen LogP contribution in [0.3, 0.4) is 0 Å². The third-order valence-corrected chi connectivity index (χ3v) is 5.02. The predicted molar refractivity (Wildman–Crippen MR) is 124 cm³/mol. The monoisotopic (exact) mass is 478 g/mol. The van der Waals surface area contributed by atoms with E-state index in [0.717, 1.165) is 11.1 Å². The molecule has 0 bridgehead atoms. The van der Waals surface area contributed by atoms with Crippen LogP contribution in [0.5, 0.6) is 0 Å². The average Bonchev–Trinajstić information content (AvgIpc) is 2.79. The number of amides is 1. The van der Waals surface area contributed by atoms with Crippen LogP contribution < -0.4 is 11.1 Å². The van der Waals surface area contributed by atoms with Crippen molar-refractivity contribution in [2.45, 2.75) is 37.3 Å². The summed E-state index contributed by atoms with van der Waals surface area (Å²) >= 11 is 0. The summed E-state index contributed by atoms with van der Waals surface area (Å²) in [5, 5.41) is 2.51. The van der Waals surface area contributed by atoms with Crippen molar-refractivity contribution in [1.82, 2.24) is 5.32 Å². The number of ether oxygens (including phenoxy) is 2. The lowest BCUT2D eigenvalue weighted by Crippen LogP contribution is -2.42. The lowest BCUT2D eigenvalue weighted by Gasteiger charge is -2.16. The van der Waals surface area contributed by atoms with Crippen LogP contribution >= 0.6 is 0 Å². The highest BCUT2D eigenvalue weighted by Crippen LogP contribution is 2.08. The fourth-order valence-electron chi connectivity index (χ4n) is 2.43. The van der Waals surface area contributed by atoms with E-state index in [4.69, 9.17) is 19.8 Å². The number of hydrogen-bond acceptors (Lipinski definition) is 7. The van der Waals surface area contributed by atoms with Crippen molar-refractivity contribution in [1.29, 1.82) is 0 Å². The largest absolute Gasteiger partial charge is 0.460 e. The van der Waals surface area contributed by atoms with Gasteiger partial charge in [0.2, 0.25) is 0 Å². The summed E-state index contributed by atoms with van der Waals surface area (Å²) < 4.78 is 39.6. The molecular formula is C23H30N2O7S. The first kappa shape index (κ1) is 27.8. The fraction of sp³-hybridized carbons (Fsp3) is 0.304. The Balaban J connectivity index is 0.000000412. The Hall–Kier alpha value is -3.21. The maximum absolute atomic E-state index is 11.8. The van der Waals surface area contributed by atoms with Gasteiger partial charge in [0.25, 0.3) is 10.1 Å². The van der Waals surface area contributed by atoms with Crippen LogP contribution in [0.25, 0.3) is 0 Å². The molecule has 0 fully saturated rings. The molecule has 0 aliphatic carbocycles. The summed E-state index contributed by atoms with van der Waals surface area (Å²) in [6.07, 6.45) is 1.78. The zero-order valence-electron chi connectivity index (χ0n) is 18.5.